The van der Waals surface area contributed by atoms with Crippen molar-refractivity contribution in [2.24, 2.45) is 5.92 Å². The molecule has 0 spiro atoms. The Balaban J connectivity index is 1.60. The molecule has 2 aliphatic heterocycles. The van der Waals surface area contributed by atoms with E-state index in [0.29, 0.717) is 5.91 Å². The number of likely N-dealkylation sites (tertiary alicyclic amines) is 2. The summed E-state index contributed by atoms with van der Waals surface area (Å²) < 4.78 is 0. The van der Waals surface area contributed by atoms with Crippen LogP contribution in [0.25, 0.3) is 0 Å². The normalized spacial score (nSPS) is 23.2. The van der Waals surface area contributed by atoms with Gasteiger partial charge < -0.3 is 19.8 Å². The first-order valence-electron chi connectivity index (χ1n) is 8.41. The molecule has 0 aromatic heterocycles. The lowest BCUT2D eigenvalue weighted by atomic mass is 9.96. The van der Waals surface area contributed by atoms with Crippen LogP contribution in [-0.4, -0.2) is 84.7 Å². The van der Waals surface area contributed by atoms with Gasteiger partial charge >= 0.3 is 0 Å². The molecule has 0 aromatic rings. The maximum Gasteiger partial charge on any atom is 0.222 e. The average Bonchev–Trinajstić information content (AvgIpc) is 2.84. The number of hydrogen-bond donors (Lipinski definition) is 1. The van der Waals surface area contributed by atoms with Gasteiger partial charge in [0.05, 0.1) is 6.10 Å². The third kappa shape index (κ3) is 5.57. The van der Waals surface area contributed by atoms with Crippen molar-refractivity contribution in [1.82, 2.24) is 14.7 Å². The molecule has 0 aliphatic carbocycles. The van der Waals surface area contributed by atoms with E-state index in [1.54, 1.807) is 0 Å². The molecule has 1 amide bonds. The Bertz CT molecular complexity index is 327. The Hall–Kier alpha value is -0.650. The lowest BCUT2D eigenvalue weighted by Crippen LogP contribution is -2.42. The van der Waals surface area contributed by atoms with Gasteiger partial charge in [0.25, 0.3) is 0 Å². The zero-order chi connectivity index (χ0) is 15.2. The molecule has 1 N–H and O–H groups in total. The van der Waals surface area contributed by atoms with Gasteiger partial charge in [-0.25, -0.2) is 0 Å². The minimum atomic E-state index is -0.220. The van der Waals surface area contributed by atoms with Gasteiger partial charge in [0, 0.05) is 39.1 Å². The summed E-state index contributed by atoms with van der Waals surface area (Å²) in [4.78, 5) is 18.3. The van der Waals surface area contributed by atoms with Crippen molar-refractivity contribution in [3.05, 3.63) is 0 Å². The highest BCUT2D eigenvalue weighted by Gasteiger charge is 2.23. The molecule has 0 aromatic carbocycles. The maximum atomic E-state index is 11.6. The van der Waals surface area contributed by atoms with E-state index in [4.69, 9.17) is 0 Å². The highest BCUT2D eigenvalue weighted by atomic mass is 16.3. The molecular weight excluding hydrogens is 266 g/mol. The monoisotopic (exact) mass is 297 g/mol. The number of likely N-dealkylation sites (N-methyl/N-ethyl adjacent to an activating group) is 1. The van der Waals surface area contributed by atoms with E-state index in [0.717, 1.165) is 64.6 Å². The average molecular weight is 297 g/mol. The van der Waals surface area contributed by atoms with Crippen molar-refractivity contribution < 1.29 is 9.90 Å². The van der Waals surface area contributed by atoms with Crippen molar-refractivity contribution in [2.75, 3.05) is 52.9 Å². The Morgan fingerprint density at radius 1 is 1.33 bits per heavy atom. The predicted octanol–water partition coefficient (Wildman–Crippen LogP) is 0.633. The van der Waals surface area contributed by atoms with Crippen molar-refractivity contribution in [2.45, 2.75) is 38.7 Å². The molecule has 2 aliphatic rings. The van der Waals surface area contributed by atoms with Crippen molar-refractivity contribution in [1.29, 1.82) is 0 Å². The first kappa shape index (κ1) is 16.7. The summed E-state index contributed by atoms with van der Waals surface area (Å²) in [5, 5.41) is 9.43. The van der Waals surface area contributed by atoms with Crippen LogP contribution >= 0.6 is 0 Å². The molecule has 0 unspecified atom stereocenters. The topological polar surface area (TPSA) is 47.0 Å². The molecule has 21 heavy (non-hydrogen) atoms. The SMILES string of the molecule is C[C@H](O)CN1CCC(CN(C)CCN2CCCC2=O)CC1. The third-order valence-electron chi connectivity index (χ3n) is 4.72. The van der Waals surface area contributed by atoms with Crippen LogP contribution in [0.15, 0.2) is 0 Å². The van der Waals surface area contributed by atoms with Crippen LogP contribution in [0.3, 0.4) is 0 Å². The van der Waals surface area contributed by atoms with Crippen LogP contribution in [-0.2, 0) is 4.79 Å². The number of β-amino-alcohol motifs (C(OH)–C–C–N with tert-alkyl or cyclic N) is 1. The van der Waals surface area contributed by atoms with Crippen LogP contribution in [0.2, 0.25) is 0 Å². The summed E-state index contributed by atoms with van der Waals surface area (Å²) in [7, 11) is 2.17. The standard InChI is InChI=1S/C16H31N3O2/c1-14(20)12-18-8-5-15(6-9-18)13-17(2)10-11-19-7-3-4-16(19)21/h14-15,20H,3-13H2,1-2H3/t14-/m0/s1. The fourth-order valence-electron chi connectivity index (χ4n) is 3.49. The molecule has 5 nitrogen and oxygen atoms in total. The Kier molecular flexibility index (Phi) is 6.45. The first-order valence-corrected chi connectivity index (χ1v) is 8.41. The number of hydrogen-bond acceptors (Lipinski definition) is 4. The van der Waals surface area contributed by atoms with Gasteiger partial charge in [-0.15, -0.1) is 0 Å². The molecule has 122 valence electrons. The highest BCUT2D eigenvalue weighted by molar-refractivity contribution is 5.78. The van der Waals surface area contributed by atoms with Gasteiger partial charge in [0.1, 0.15) is 0 Å². The molecule has 0 saturated carbocycles. The van der Waals surface area contributed by atoms with Crippen LogP contribution in [0.4, 0.5) is 0 Å². The fraction of sp³-hybridized carbons (Fsp3) is 0.938. The number of amides is 1. The molecule has 0 bridgehead atoms. The number of carbonyl (C=O) groups excluding carboxylic acids is 1. The van der Waals surface area contributed by atoms with E-state index in [2.05, 4.69) is 16.8 Å². The molecular formula is C16H31N3O2. The number of aliphatic hydroxyl groups is 1. The Morgan fingerprint density at radius 3 is 2.62 bits per heavy atom. The minimum absolute atomic E-state index is 0.220. The van der Waals surface area contributed by atoms with Crippen LogP contribution in [0, 0.1) is 5.92 Å². The lowest BCUT2D eigenvalue weighted by Gasteiger charge is -2.34. The minimum Gasteiger partial charge on any atom is -0.392 e. The van der Waals surface area contributed by atoms with Crippen molar-refractivity contribution >= 4 is 5.91 Å². The molecule has 2 heterocycles. The van der Waals surface area contributed by atoms with Crippen LogP contribution in [0.1, 0.15) is 32.6 Å². The zero-order valence-electron chi connectivity index (χ0n) is 13.6. The maximum absolute atomic E-state index is 11.6. The summed E-state index contributed by atoms with van der Waals surface area (Å²) >= 11 is 0. The second-order valence-corrected chi connectivity index (χ2v) is 6.84. The number of carbonyl (C=O) groups is 1. The van der Waals surface area contributed by atoms with Crippen molar-refractivity contribution in [3.8, 4) is 0 Å². The Morgan fingerprint density at radius 2 is 2.05 bits per heavy atom. The fourth-order valence-corrected chi connectivity index (χ4v) is 3.49. The summed E-state index contributed by atoms with van der Waals surface area (Å²) in [6, 6.07) is 0. The summed E-state index contributed by atoms with van der Waals surface area (Å²) in [6.45, 7) is 8.83. The molecule has 0 radical (unpaired) electrons. The van der Waals surface area contributed by atoms with E-state index in [1.165, 1.54) is 12.8 Å². The van der Waals surface area contributed by atoms with Crippen LogP contribution in [0.5, 0.6) is 0 Å². The zero-order valence-corrected chi connectivity index (χ0v) is 13.6. The molecule has 1 atom stereocenters. The summed E-state index contributed by atoms with van der Waals surface area (Å²) in [5.74, 6) is 1.09. The van der Waals surface area contributed by atoms with Gasteiger partial charge in [-0.3, -0.25) is 4.79 Å². The van der Waals surface area contributed by atoms with Gasteiger partial charge in [0.2, 0.25) is 5.91 Å². The highest BCUT2D eigenvalue weighted by Crippen LogP contribution is 2.18. The first-order chi connectivity index (χ1) is 10.0. The molecule has 2 saturated heterocycles. The molecule has 2 rings (SSSR count). The number of rotatable bonds is 7. The molecule has 5 heteroatoms. The van der Waals surface area contributed by atoms with Gasteiger partial charge in [0.15, 0.2) is 0 Å². The third-order valence-corrected chi connectivity index (χ3v) is 4.72. The van der Waals surface area contributed by atoms with Crippen molar-refractivity contribution in [3.63, 3.8) is 0 Å². The van der Waals surface area contributed by atoms with E-state index in [-0.39, 0.29) is 6.10 Å². The van der Waals surface area contributed by atoms with E-state index >= 15 is 0 Å². The van der Waals surface area contributed by atoms with E-state index in [9.17, 15) is 9.90 Å². The molecule has 2 fully saturated rings. The van der Waals surface area contributed by atoms with E-state index < -0.39 is 0 Å². The van der Waals surface area contributed by atoms with E-state index in [1.807, 2.05) is 11.8 Å². The summed E-state index contributed by atoms with van der Waals surface area (Å²) in [6.07, 6.45) is 4.00. The predicted molar refractivity (Wildman–Crippen MR) is 84.2 cm³/mol. The number of aliphatic hydroxyl groups excluding tert-OH is 1. The summed E-state index contributed by atoms with van der Waals surface area (Å²) in [5.41, 5.74) is 0. The second kappa shape index (κ2) is 8.11. The van der Waals surface area contributed by atoms with Crippen LogP contribution < -0.4 is 0 Å². The number of nitrogens with zero attached hydrogens (tertiary/aromatic N) is 3. The number of piperidine rings is 1. The lowest BCUT2D eigenvalue weighted by molar-refractivity contribution is -0.127. The second-order valence-electron chi connectivity index (χ2n) is 6.84. The van der Waals surface area contributed by atoms with Gasteiger partial charge in [-0.05, 0) is 52.2 Å². The van der Waals surface area contributed by atoms with Gasteiger partial charge in [-0.1, -0.05) is 0 Å². The van der Waals surface area contributed by atoms with Gasteiger partial charge in [-0.2, -0.15) is 0 Å². The smallest absolute Gasteiger partial charge is 0.222 e. The largest absolute Gasteiger partial charge is 0.392 e. The Labute approximate surface area is 128 Å². The quantitative estimate of drug-likeness (QED) is 0.749.